The summed E-state index contributed by atoms with van der Waals surface area (Å²) in [6, 6.07) is 0. The molecule has 2 saturated heterocycles. The molecule has 4 nitrogen and oxygen atoms in total. The summed E-state index contributed by atoms with van der Waals surface area (Å²) >= 11 is 0. The third-order valence-corrected chi connectivity index (χ3v) is 4.07. The fourth-order valence-corrected chi connectivity index (χ4v) is 2.62. The van der Waals surface area contributed by atoms with E-state index in [1.54, 1.807) is 0 Å². The Morgan fingerprint density at radius 2 is 1.83 bits per heavy atom. The first-order valence-corrected chi connectivity index (χ1v) is 6.71. The molecule has 2 heterocycles. The van der Waals surface area contributed by atoms with Crippen LogP contribution >= 0.6 is 12.4 Å². The zero-order valence-electron chi connectivity index (χ0n) is 11.4. The second-order valence-electron chi connectivity index (χ2n) is 5.80. The van der Waals surface area contributed by atoms with Gasteiger partial charge in [-0.05, 0) is 59.0 Å². The lowest BCUT2D eigenvalue weighted by Gasteiger charge is -2.40. The van der Waals surface area contributed by atoms with Crippen molar-refractivity contribution in [3.63, 3.8) is 0 Å². The summed E-state index contributed by atoms with van der Waals surface area (Å²) in [5.41, 5.74) is -0.668. The topological polar surface area (TPSA) is 50.4 Å². The molecule has 0 spiro atoms. The molecule has 1 unspecified atom stereocenters. The molecule has 0 aliphatic carbocycles. The molecule has 18 heavy (non-hydrogen) atoms. The number of halogens is 1. The zero-order valence-corrected chi connectivity index (χ0v) is 12.2. The summed E-state index contributed by atoms with van der Waals surface area (Å²) in [6.45, 7) is 6.73. The summed E-state index contributed by atoms with van der Waals surface area (Å²) in [5.74, 6) is 0.0709. The number of hydrogen-bond acceptors (Lipinski definition) is 3. The molecule has 0 aromatic carbocycles. The molecular weight excluding hydrogens is 252 g/mol. The molecule has 2 aliphatic heterocycles. The number of rotatable bonds is 2. The van der Waals surface area contributed by atoms with Gasteiger partial charge in [0.2, 0.25) is 0 Å². The maximum atomic E-state index is 12.3. The molecule has 1 amide bonds. The fraction of sp³-hybridized carbons (Fsp3) is 0.923. The van der Waals surface area contributed by atoms with Gasteiger partial charge in [0.15, 0.2) is 0 Å². The summed E-state index contributed by atoms with van der Waals surface area (Å²) in [5, 5.41) is 6.52. The van der Waals surface area contributed by atoms with E-state index in [1.807, 2.05) is 6.92 Å². The van der Waals surface area contributed by atoms with E-state index in [9.17, 15) is 4.79 Å². The van der Waals surface area contributed by atoms with E-state index in [4.69, 9.17) is 4.74 Å². The highest BCUT2D eigenvalue weighted by Crippen LogP contribution is 2.26. The molecule has 0 bridgehead atoms. The minimum atomic E-state index is -0.605. The number of carbonyl (C=O) groups excluding carboxylic acids is 1. The second kappa shape index (κ2) is 6.22. The Morgan fingerprint density at radius 1 is 1.17 bits per heavy atom. The Morgan fingerprint density at radius 3 is 2.39 bits per heavy atom. The average Bonchev–Trinajstić information content (AvgIpc) is 2.30. The van der Waals surface area contributed by atoms with Gasteiger partial charge in [-0.25, -0.2) is 0 Å². The fourth-order valence-electron chi connectivity index (χ4n) is 2.62. The zero-order chi connectivity index (χ0) is 12.4. The van der Waals surface area contributed by atoms with E-state index in [0.717, 1.165) is 45.2 Å². The van der Waals surface area contributed by atoms with Gasteiger partial charge in [0.1, 0.15) is 5.60 Å². The van der Waals surface area contributed by atoms with Crippen molar-refractivity contribution in [2.24, 2.45) is 0 Å². The number of piperidine rings is 1. The monoisotopic (exact) mass is 276 g/mol. The van der Waals surface area contributed by atoms with Crippen LogP contribution in [0.25, 0.3) is 0 Å². The molecular formula is C13H25ClN2O2. The van der Waals surface area contributed by atoms with E-state index >= 15 is 0 Å². The summed E-state index contributed by atoms with van der Waals surface area (Å²) < 4.78 is 5.69. The Balaban J connectivity index is 0.00000162. The van der Waals surface area contributed by atoms with Gasteiger partial charge < -0.3 is 15.4 Å². The van der Waals surface area contributed by atoms with Crippen molar-refractivity contribution in [1.82, 2.24) is 10.6 Å². The lowest BCUT2D eigenvalue weighted by Crippen LogP contribution is -2.58. The van der Waals surface area contributed by atoms with Crippen molar-refractivity contribution in [2.45, 2.75) is 57.1 Å². The van der Waals surface area contributed by atoms with Crippen LogP contribution in [0, 0.1) is 0 Å². The molecule has 2 rings (SSSR count). The number of ether oxygens (including phenoxy) is 1. The smallest absolute Gasteiger partial charge is 0.252 e. The SMILES string of the molecule is CC1(NC(=O)C2(C)CCCCO2)CCNCC1.Cl. The third-order valence-electron chi connectivity index (χ3n) is 4.07. The quantitative estimate of drug-likeness (QED) is 0.806. The number of carbonyl (C=O) groups is 1. The Bertz CT molecular complexity index is 285. The van der Waals surface area contributed by atoms with Crippen molar-refractivity contribution in [3.8, 4) is 0 Å². The van der Waals surface area contributed by atoms with Gasteiger partial charge in [0, 0.05) is 12.1 Å². The summed E-state index contributed by atoms with van der Waals surface area (Å²) in [7, 11) is 0. The van der Waals surface area contributed by atoms with Crippen molar-refractivity contribution in [1.29, 1.82) is 0 Å². The molecule has 1 atom stereocenters. The first-order valence-electron chi connectivity index (χ1n) is 6.71. The highest BCUT2D eigenvalue weighted by molar-refractivity contribution is 5.85. The van der Waals surface area contributed by atoms with Gasteiger partial charge in [-0.3, -0.25) is 4.79 Å². The largest absolute Gasteiger partial charge is 0.365 e. The van der Waals surface area contributed by atoms with Crippen LogP contribution in [0.15, 0.2) is 0 Å². The first kappa shape index (κ1) is 15.7. The third kappa shape index (κ3) is 3.59. The highest BCUT2D eigenvalue weighted by atomic mass is 35.5. The van der Waals surface area contributed by atoms with Crippen LogP contribution in [0.1, 0.15) is 46.0 Å². The Labute approximate surface area is 116 Å². The van der Waals surface area contributed by atoms with Crippen molar-refractivity contribution in [2.75, 3.05) is 19.7 Å². The molecule has 5 heteroatoms. The summed E-state index contributed by atoms with van der Waals surface area (Å²) in [6.07, 6.45) is 4.99. The molecule has 2 aliphatic rings. The van der Waals surface area contributed by atoms with Gasteiger partial charge in [-0.15, -0.1) is 12.4 Å². The van der Waals surface area contributed by atoms with Gasteiger partial charge in [0.05, 0.1) is 0 Å². The highest BCUT2D eigenvalue weighted by Gasteiger charge is 2.39. The molecule has 0 aromatic rings. The number of hydrogen-bond donors (Lipinski definition) is 2. The van der Waals surface area contributed by atoms with Gasteiger partial charge in [0.25, 0.3) is 5.91 Å². The van der Waals surface area contributed by atoms with Crippen LogP contribution in [0.2, 0.25) is 0 Å². The number of amides is 1. The maximum Gasteiger partial charge on any atom is 0.252 e. The van der Waals surface area contributed by atoms with Crippen molar-refractivity contribution >= 4 is 18.3 Å². The Hall–Kier alpha value is -0.320. The maximum absolute atomic E-state index is 12.3. The van der Waals surface area contributed by atoms with Crippen LogP contribution in [0.5, 0.6) is 0 Å². The normalized spacial score (nSPS) is 31.2. The standard InChI is InChI=1S/C13H24N2O2.ClH/c1-12(6-8-14-9-7-12)15-11(16)13(2)5-3-4-10-17-13;/h14H,3-10H2,1-2H3,(H,15,16);1H. The van der Waals surface area contributed by atoms with Crippen LogP contribution in [-0.2, 0) is 9.53 Å². The molecule has 2 fully saturated rings. The summed E-state index contributed by atoms with van der Waals surface area (Å²) in [4.78, 5) is 12.3. The lowest BCUT2D eigenvalue weighted by molar-refractivity contribution is -0.152. The molecule has 0 saturated carbocycles. The van der Waals surface area contributed by atoms with Gasteiger partial charge in [-0.1, -0.05) is 0 Å². The van der Waals surface area contributed by atoms with E-state index in [-0.39, 0.29) is 23.9 Å². The van der Waals surface area contributed by atoms with Crippen LogP contribution < -0.4 is 10.6 Å². The minimum Gasteiger partial charge on any atom is -0.365 e. The predicted molar refractivity (Wildman–Crippen MR) is 74.1 cm³/mol. The van der Waals surface area contributed by atoms with Gasteiger partial charge in [-0.2, -0.15) is 0 Å². The van der Waals surface area contributed by atoms with E-state index in [1.165, 1.54) is 0 Å². The minimum absolute atomic E-state index is 0. The van der Waals surface area contributed by atoms with E-state index < -0.39 is 5.60 Å². The number of nitrogens with one attached hydrogen (secondary N) is 2. The predicted octanol–water partition coefficient (Wildman–Crippen LogP) is 1.63. The Kier molecular flexibility index (Phi) is 5.44. The van der Waals surface area contributed by atoms with Crippen LogP contribution in [0.3, 0.4) is 0 Å². The van der Waals surface area contributed by atoms with Crippen molar-refractivity contribution < 1.29 is 9.53 Å². The van der Waals surface area contributed by atoms with Crippen molar-refractivity contribution in [3.05, 3.63) is 0 Å². The van der Waals surface area contributed by atoms with E-state index in [0.29, 0.717) is 6.61 Å². The lowest BCUT2D eigenvalue weighted by atomic mass is 9.88. The second-order valence-corrected chi connectivity index (χ2v) is 5.80. The molecule has 2 N–H and O–H groups in total. The van der Waals surface area contributed by atoms with E-state index in [2.05, 4.69) is 17.6 Å². The van der Waals surface area contributed by atoms with Crippen LogP contribution in [-0.4, -0.2) is 36.7 Å². The van der Waals surface area contributed by atoms with Gasteiger partial charge >= 0.3 is 0 Å². The molecule has 0 aromatic heterocycles. The average molecular weight is 277 g/mol. The molecule has 106 valence electrons. The first-order chi connectivity index (χ1) is 8.04. The van der Waals surface area contributed by atoms with Crippen LogP contribution in [0.4, 0.5) is 0 Å². The molecule has 0 radical (unpaired) electrons.